The first-order valence-corrected chi connectivity index (χ1v) is 5.10. The molecule has 2 amide bonds. The van der Waals surface area contributed by atoms with Crippen LogP contribution in [0.1, 0.15) is 20.8 Å². The molecule has 5 heteroatoms. The van der Waals surface area contributed by atoms with Gasteiger partial charge in [0.05, 0.1) is 0 Å². The number of nitrogens with zero attached hydrogens (tertiary/aromatic N) is 2. The van der Waals surface area contributed by atoms with E-state index in [-0.39, 0.29) is 38.8 Å². The maximum atomic E-state index is 11.8. The number of likely N-dealkylation sites (N-methyl/N-ethyl adjacent to an activating group) is 2. The number of carbonyl (C=O) groups is 2. The summed E-state index contributed by atoms with van der Waals surface area (Å²) >= 11 is 0. The fourth-order valence-electron chi connectivity index (χ4n) is 1.19. The van der Waals surface area contributed by atoms with Crippen LogP contribution >= 0.6 is 0 Å². The Kier molecular flexibility index (Phi) is 8.81. The Hall–Kier alpha value is -0.372. The minimum atomic E-state index is -0.408. The average Bonchev–Trinajstić information content (AvgIpc) is 2.23. The Morgan fingerprint density at radius 1 is 1.06 bits per heavy atom. The normalized spacial score (nSPS) is 13.4. The molecule has 0 rings (SSSR count). The van der Waals surface area contributed by atoms with E-state index >= 15 is 0 Å². The van der Waals surface area contributed by atoms with E-state index in [0.717, 1.165) is 0 Å². The molecule has 94 valence electrons. The zero-order valence-electron chi connectivity index (χ0n) is 10.9. The third-order valence-corrected chi connectivity index (χ3v) is 2.62. The van der Waals surface area contributed by atoms with Crippen molar-refractivity contribution < 1.29 is 30.7 Å². The first-order valence-electron chi connectivity index (χ1n) is 5.10. The Morgan fingerprint density at radius 3 is 1.81 bits per heavy atom. The molecule has 0 aliphatic rings. The fourth-order valence-corrected chi connectivity index (χ4v) is 1.19. The fraction of sp³-hybridized carbons (Fsp3) is 0.727. The van der Waals surface area contributed by atoms with E-state index in [1.165, 1.54) is 9.80 Å². The largest absolute Gasteiger partial charge is 0.347 e. The predicted molar refractivity (Wildman–Crippen MR) is 60.1 cm³/mol. The quantitative estimate of drug-likeness (QED) is 0.659. The van der Waals surface area contributed by atoms with Crippen molar-refractivity contribution in [3.05, 3.63) is 6.42 Å². The SMILES string of the molecule is C[CH-]C(C)C(=O)N(C)C(C)C(=O)N(C)C.[W]. The van der Waals surface area contributed by atoms with Gasteiger partial charge in [-0.05, 0) is 6.92 Å². The van der Waals surface area contributed by atoms with E-state index in [2.05, 4.69) is 0 Å². The molecule has 0 saturated carbocycles. The Bertz CT molecular complexity index is 244. The predicted octanol–water partition coefficient (Wildman–Crippen LogP) is 0.779. The molecule has 2 atom stereocenters. The van der Waals surface area contributed by atoms with Gasteiger partial charge in [0, 0.05) is 42.2 Å². The average molecular weight is 397 g/mol. The van der Waals surface area contributed by atoms with E-state index in [4.69, 9.17) is 0 Å². The Balaban J connectivity index is 0. The monoisotopic (exact) mass is 397 g/mol. The molecular formula is C11H21N2O2W-. The van der Waals surface area contributed by atoms with Crippen molar-refractivity contribution in [3.8, 4) is 0 Å². The molecule has 2 unspecified atom stereocenters. The number of amides is 2. The molecular weight excluding hydrogens is 376 g/mol. The minimum Gasteiger partial charge on any atom is -0.347 e. The van der Waals surface area contributed by atoms with Gasteiger partial charge in [0.25, 0.3) is 0 Å². The summed E-state index contributed by atoms with van der Waals surface area (Å²) in [6, 6.07) is -0.408. The molecule has 0 N–H and O–H groups in total. The second-order valence-corrected chi connectivity index (χ2v) is 3.98. The molecule has 0 aromatic rings. The second-order valence-electron chi connectivity index (χ2n) is 3.98. The van der Waals surface area contributed by atoms with Crippen LogP contribution in [0.2, 0.25) is 0 Å². The van der Waals surface area contributed by atoms with Gasteiger partial charge in [-0.15, -0.1) is 0 Å². The first-order chi connectivity index (χ1) is 6.82. The summed E-state index contributed by atoms with van der Waals surface area (Å²) in [5.74, 6) is -0.234. The van der Waals surface area contributed by atoms with Crippen molar-refractivity contribution in [2.24, 2.45) is 5.92 Å². The smallest absolute Gasteiger partial charge is 0.244 e. The van der Waals surface area contributed by atoms with Crippen molar-refractivity contribution in [1.29, 1.82) is 0 Å². The summed E-state index contributed by atoms with van der Waals surface area (Å²) in [5, 5.41) is 0. The maximum Gasteiger partial charge on any atom is 0.244 e. The van der Waals surface area contributed by atoms with Crippen LogP contribution in [0.15, 0.2) is 0 Å². The van der Waals surface area contributed by atoms with Crippen molar-refractivity contribution >= 4 is 11.8 Å². The van der Waals surface area contributed by atoms with Gasteiger partial charge in [0.1, 0.15) is 6.04 Å². The van der Waals surface area contributed by atoms with Crippen molar-refractivity contribution in [2.75, 3.05) is 21.1 Å². The molecule has 0 heterocycles. The zero-order chi connectivity index (χ0) is 12.2. The molecule has 0 radical (unpaired) electrons. The van der Waals surface area contributed by atoms with Gasteiger partial charge in [-0.25, -0.2) is 0 Å². The second kappa shape index (κ2) is 7.83. The van der Waals surface area contributed by atoms with Crippen LogP contribution in [0.5, 0.6) is 0 Å². The topological polar surface area (TPSA) is 40.6 Å². The van der Waals surface area contributed by atoms with E-state index in [1.54, 1.807) is 28.1 Å². The molecule has 0 aliphatic heterocycles. The van der Waals surface area contributed by atoms with Gasteiger partial charge in [-0.1, -0.05) is 12.8 Å². The molecule has 4 nitrogen and oxygen atoms in total. The van der Waals surface area contributed by atoms with Crippen LogP contribution in [0.4, 0.5) is 0 Å². The molecule has 0 aliphatic carbocycles. The number of hydrogen-bond donors (Lipinski definition) is 0. The van der Waals surface area contributed by atoms with E-state index < -0.39 is 6.04 Å². The van der Waals surface area contributed by atoms with E-state index in [9.17, 15) is 9.59 Å². The molecule has 0 spiro atoms. The van der Waals surface area contributed by atoms with Gasteiger partial charge in [-0.3, -0.25) is 9.59 Å². The van der Waals surface area contributed by atoms with Gasteiger partial charge >= 0.3 is 0 Å². The number of carbonyl (C=O) groups excluding carboxylic acids is 2. The van der Waals surface area contributed by atoms with Gasteiger partial charge < -0.3 is 16.2 Å². The van der Waals surface area contributed by atoms with Crippen LogP contribution < -0.4 is 0 Å². The van der Waals surface area contributed by atoms with Crippen LogP contribution in [0.3, 0.4) is 0 Å². The van der Waals surface area contributed by atoms with Crippen molar-refractivity contribution in [3.63, 3.8) is 0 Å². The zero-order valence-corrected chi connectivity index (χ0v) is 13.8. The van der Waals surface area contributed by atoms with Crippen LogP contribution in [-0.2, 0) is 30.7 Å². The van der Waals surface area contributed by atoms with Crippen LogP contribution in [0.25, 0.3) is 0 Å². The first kappa shape index (κ1) is 18.0. The van der Waals surface area contributed by atoms with Crippen LogP contribution in [0, 0.1) is 12.3 Å². The van der Waals surface area contributed by atoms with E-state index in [0.29, 0.717) is 0 Å². The summed E-state index contributed by atoms with van der Waals surface area (Å²) in [5.41, 5.74) is 0. The minimum absolute atomic E-state index is 0. The third-order valence-electron chi connectivity index (χ3n) is 2.62. The third kappa shape index (κ3) is 4.65. The molecule has 0 fully saturated rings. The Labute approximate surface area is 113 Å². The molecule has 0 aromatic carbocycles. The van der Waals surface area contributed by atoms with Crippen molar-refractivity contribution in [1.82, 2.24) is 9.80 Å². The van der Waals surface area contributed by atoms with E-state index in [1.807, 2.05) is 20.3 Å². The summed E-state index contributed by atoms with van der Waals surface area (Å²) in [6.45, 7) is 5.41. The molecule has 16 heavy (non-hydrogen) atoms. The molecule has 0 aromatic heterocycles. The number of hydrogen-bond acceptors (Lipinski definition) is 2. The molecule has 0 saturated heterocycles. The number of rotatable bonds is 4. The summed E-state index contributed by atoms with van der Waals surface area (Å²) in [7, 11) is 5.04. The van der Waals surface area contributed by atoms with Gasteiger partial charge in [-0.2, -0.15) is 6.92 Å². The Morgan fingerprint density at radius 2 is 1.50 bits per heavy atom. The van der Waals surface area contributed by atoms with Crippen molar-refractivity contribution in [2.45, 2.75) is 26.8 Å². The van der Waals surface area contributed by atoms with Crippen LogP contribution in [-0.4, -0.2) is 48.8 Å². The van der Waals surface area contributed by atoms with Gasteiger partial charge in [0.2, 0.25) is 5.91 Å². The van der Waals surface area contributed by atoms with Gasteiger partial charge in [0.15, 0.2) is 5.91 Å². The maximum absolute atomic E-state index is 11.8. The summed E-state index contributed by atoms with van der Waals surface area (Å²) in [4.78, 5) is 26.4. The summed E-state index contributed by atoms with van der Waals surface area (Å²) < 4.78 is 0. The standard InChI is InChI=1S/C11H21N2O2.W/c1-7-8(2)10(14)13(6)9(3)11(15)12(4)5;/h7-9H,1-6H3;/q-1;. The molecule has 0 bridgehead atoms. The summed E-state index contributed by atoms with van der Waals surface area (Å²) in [6.07, 6.45) is 1.83.